The second-order valence-electron chi connectivity index (χ2n) is 5.93. The first kappa shape index (κ1) is 15.5. The van der Waals surface area contributed by atoms with Crippen LogP contribution in [0, 0.1) is 5.41 Å². The zero-order chi connectivity index (χ0) is 12.9. The lowest BCUT2D eigenvalue weighted by Gasteiger charge is -2.36. The second-order valence-corrected chi connectivity index (χ2v) is 5.93. The predicted molar refractivity (Wildman–Crippen MR) is 73.6 cm³/mol. The van der Waals surface area contributed by atoms with Crippen LogP contribution in [-0.2, 0) is 0 Å². The third kappa shape index (κ3) is 5.55. The second kappa shape index (κ2) is 6.29. The quantitative estimate of drug-likeness (QED) is 0.658. The van der Waals surface area contributed by atoms with Crippen molar-refractivity contribution in [3.8, 4) is 0 Å². The monoisotopic (exact) mass is 226 g/mol. The average Bonchev–Trinajstić information content (AvgIpc) is 2.12. The van der Waals surface area contributed by atoms with E-state index < -0.39 is 0 Å². The molecule has 0 N–H and O–H groups in total. The topological polar surface area (TPSA) is 6.48 Å². The molecule has 0 aromatic heterocycles. The molecule has 0 saturated carbocycles. The largest absolute Gasteiger partial charge is 0.375 e. The molecule has 0 amide bonds. The van der Waals surface area contributed by atoms with Gasteiger partial charge in [-0.15, -0.1) is 0 Å². The van der Waals surface area contributed by atoms with Gasteiger partial charge in [0.2, 0.25) is 0 Å². The van der Waals surface area contributed by atoms with Gasteiger partial charge in [0.1, 0.15) is 0 Å². The van der Waals surface area contributed by atoms with Crippen molar-refractivity contribution in [1.82, 2.24) is 9.80 Å². The summed E-state index contributed by atoms with van der Waals surface area (Å²) in [6, 6.07) is 0.624. The van der Waals surface area contributed by atoms with Crippen molar-refractivity contribution in [2.75, 3.05) is 27.2 Å². The molecule has 96 valence electrons. The molecule has 2 nitrogen and oxygen atoms in total. The van der Waals surface area contributed by atoms with Crippen molar-refractivity contribution >= 4 is 0 Å². The van der Waals surface area contributed by atoms with E-state index in [-0.39, 0.29) is 0 Å². The fourth-order valence-corrected chi connectivity index (χ4v) is 2.08. The molecule has 0 radical (unpaired) electrons. The summed E-state index contributed by atoms with van der Waals surface area (Å²) in [7, 11) is 4.30. The van der Waals surface area contributed by atoms with Gasteiger partial charge in [-0.05, 0) is 46.7 Å². The molecule has 2 heteroatoms. The van der Waals surface area contributed by atoms with Gasteiger partial charge >= 0.3 is 0 Å². The van der Waals surface area contributed by atoms with Gasteiger partial charge in [0, 0.05) is 24.8 Å². The predicted octanol–water partition coefficient (Wildman–Crippen LogP) is 3.21. The van der Waals surface area contributed by atoms with Crippen molar-refractivity contribution in [2.24, 2.45) is 5.41 Å². The minimum atomic E-state index is 0.332. The van der Waals surface area contributed by atoms with Crippen LogP contribution >= 0.6 is 0 Å². The van der Waals surface area contributed by atoms with Gasteiger partial charge < -0.3 is 9.80 Å². The molecule has 0 aromatic carbocycles. The first-order chi connectivity index (χ1) is 7.19. The highest BCUT2D eigenvalue weighted by Gasteiger charge is 2.24. The summed E-state index contributed by atoms with van der Waals surface area (Å²) in [5.74, 6) is 0. The molecule has 1 unspecified atom stereocenters. The highest BCUT2D eigenvalue weighted by molar-refractivity contribution is 4.91. The molecule has 16 heavy (non-hydrogen) atoms. The number of allylic oxidation sites excluding steroid dienone is 1. The highest BCUT2D eigenvalue weighted by atomic mass is 15.1. The SMILES string of the molecule is C=C(C)N(CC)CC(C)(C)CC(C)N(C)C. The first-order valence-electron chi connectivity index (χ1n) is 6.26. The molecular formula is C14H30N2. The fraction of sp³-hybridized carbons (Fsp3) is 0.857. The maximum atomic E-state index is 4.04. The number of nitrogens with zero attached hydrogens (tertiary/aromatic N) is 2. The molecule has 0 aliphatic rings. The lowest BCUT2D eigenvalue weighted by molar-refractivity contribution is 0.160. The minimum absolute atomic E-state index is 0.332. The molecule has 0 heterocycles. The summed E-state index contributed by atoms with van der Waals surface area (Å²) < 4.78 is 0. The van der Waals surface area contributed by atoms with E-state index in [9.17, 15) is 0 Å². The molecule has 1 atom stereocenters. The Bertz CT molecular complexity index is 219. The Kier molecular flexibility index (Phi) is 6.09. The van der Waals surface area contributed by atoms with Crippen LogP contribution in [0.5, 0.6) is 0 Å². The standard InChI is InChI=1S/C14H30N2/c1-9-16(12(2)3)11-14(5,6)10-13(4)15(7)8/h13H,2,9-11H2,1,3-8H3. The van der Waals surface area contributed by atoms with Crippen molar-refractivity contribution in [2.45, 2.75) is 47.1 Å². The molecule has 0 spiro atoms. The molecule has 0 saturated heterocycles. The van der Waals surface area contributed by atoms with Gasteiger partial charge in [0.15, 0.2) is 0 Å². The van der Waals surface area contributed by atoms with Gasteiger partial charge in [0.25, 0.3) is 0 Å². The van der Waals surface area contributed by atoms with Crippen LogP contribution in [-0.4, -0.2) is 43.0 Å². The van der Waals surface area contributed by atoms with E-state index in [1.165, 1.54) is 12.1 Å². The minimum Gasteiger partial charge on any atom is -0.375 e. The third-order valence-electron chi connectivity index (χ3n) is 3.27. The summed E-state index contributed by atoms with van der Waals surface area (Å²) in [4.78, 5) is 4.65. The van der Waals surface area contributed by atoms with Crippen LogP contribution < -0.4 is 0 Å². The molecule has 0 aromatic rings. The van der Waals surface area contributed by atoms with Crippen LogP contribution in [0.2, 0.25) is 0 Å². The van der Waals surface area contributed by atoms with Gasteiger partial charge in [-0.3, -0.25) is 0 Å². The smallest absolute Gasteiger partial charge is 0.0226 e. The molecule has 0 aliphatic carbocycles. The van der Waals surface area contributed by atoms with Crippen molar-refractivity contribution in [3.05, 3.63) is 12.3 Å². The maximum Gasteiger partial charge on any atom is 0.0226 e. The van der Waals surface area contributed by atoms with Crippen LogP contribution in [0.3, 0.4) is 0 Å². The van der Waals surface area contributed by atoms with Crippen LogP contribution in [0.15, 0.2) is 12.3 Å². The van der Waals surface area contributed by atoms with Crippen molar-refractivity contribution in [3.63, 3.8) is 0 Å². The van der Waals surface area contributed by atoms with Crippen LogP contribution in [0.1, 0.15) is 41.0 Å². The van der Waals surface area contributed by atoms with Crippen molar-refractivity contribution < 1.29 is 0 Å². The van der Waals surface area contributed by atoms with Crippen LogP contribution in [0.4, 0.5) is 0 Å². The summed E-state index contributed by atoms with van der Waals surface area (Å²) in [6.45, 7) is 17.5. The average molecular weight is 226 g/mol. The van der Waals surface area contributed by atoms with E-state index in [1.807, 2.05) is 0 Å². The van der Waals surface area contributed by atoms with Gasteiger partial charge in [-0.1, -0.05) is 20.4 Å². The van der Waals surface area contributed by atoms with Crippen LogP contribution in [0.25, 0.3) is 0 Å². The lowest BCUT2D eigenvalue weighted by Crippen LogP contribution is -2.37. The third-order valence-corrected chi connectivity index (χ3v) is 3.27. The summed E-state index contributed by atoms with van der Waals surface area (Å²) in [6.07, 6.45) is 1.21. The van der Waals surface area contributed by atoms with Crippen molar-refractivity contribution in [1.29, 1.82) is 0 Å². The Morgan fingerprint density at radius 1 is 1.31 bits per heavy atom. The van der Waals surface area contributed by atoms with E-state index in [2.05, 4.69) is 65.1 Å². The Labute approximate surface area is 102 Å². The normalized spacial score (nSPS) is 14.0. The van der Waals surface area contributed by atoms with E-state index in [1.54, 1.807) is 0 Å². The number of hydrogen-bond donors (Lipinski definition) is 0. The Morgan fingerprint density at radius 2 is 1.81 bits per heavy atom. The Morgan fingerprint density at radius 3 is 2.12 bits per heavy atom. The van der Waals surface area contributed by atoms with Gasteiger partial charge in [-0.25, -0.2) is 0 Å². The Balaban J connectivity index is 4.37. The molecule has 0 aliphatic heterocycles. The summed E-state index contributed by atoms with van der Waals surface area (Å²) in [5, 5.41) is 0. The van der Waals surface area contributed by atoms with Gasteiger partial charge in [-0.2, -0.15) is 0 Å². The number of hydrogen-bond acceptors (Lipinski definition) is 2. The summed E-state index contributed by atoms with van der Waals surface area (Å²) >= 11 is 0. The number of rotatable bonds is 7. The Hall–Kier alpha value is -0.500. The zero-order valence-corrected chi connectivity index (χ0v) is 12.3. The fourth-order valence-electron chi connectivity index (χ4n) is 2.08. The molecular weight excluding hydrogens is 196 g/mol. The van der Waals surface area contributed by atoms with E-state index in [0.29, 0.717) is 11.5 Å². The highest BCUT2D eigenvalue weighted by Crippen LogP contribution is 2.26. The van der Waals surface area contributed by atoms with E-state index in [4.69, 9.17) is 0 Å². The first-order valence-corrected chi connectivity index (χ1v) is 6.26. The lowest BCUT2D eigenvalue weighted by atomic mass is 9.85. The van der Waals surface area contributed by atoms with E-state index >= 15 is 0 Å². The zero-order valence-electron chi connectivity index (χ0n) is 12.3. The maximum absolute atomic E-state index is 4.04. The van der Waals surface area contributed by atoms with E-state index in [0.717, 1.165) is 13.1 Å². The molecule has 0 fully saturated rings. The molecule has 0 bridgehead atoms. The van der Waals surface area contributed by atoms with Gasteiger partial charge in [0.05, 0.1) is 0 Å². The molecule has 0 rings (SSSR count). The summed E-state index contributed by atoms with van der Waals surface area (Å²) in [5.41, 5.74) is 1.51.